The Bertz CT molecular complexity index is 159. The van der Waals surface area contributed by atoms with Gasteiger partial charge in [-0.05, 0) is 12.8 Å². The molecule has 1 rings (SSSR count). The third kappa shape index (κ3) is 2.46. The summed E-state index contributed by atoms with van der Waals surface area (Å²) in [6.45, 7) is 2.37. The summed E-state index contributed by atoms with van der Waals surface area (Å²) in [6.07, 6.45) is 1.96. The average molecular weight is 172 g/mol. The molecule has 1 heterocycles. The van der Waals surface area contributed by atoms with Gasteiger partial charge in [0.1, 0.15) is 0 Å². The number of nitrogens with two attached hydrogens (primary N) is 1. The Hall–Kier alpha value is -0.610. The molecule has 0 bridgehead atoms. The molecule has 0 aliphatic carbocycles. The number of piperidine rings is 1. The van der Waals surface area contributed by atoms with Crippen LogP contribution in [0.1, 0.15) is 12.8 Å². The van der Waals surface area contributed by atoms with E-state index < -0.39 is 0 Å². The zero-order valence-electron chi connectivity index (χ0n) is 7.45. The summed E-state index contributed by atoms with van der Waals surface area (Å²) >= 11 is 0. The zero-order valence-corrected chi connectivity index (χ0v) is 7.45. The van der Waals surface area contributed by atoms with E-state index in [0.717, 1.165) is 25.9 Å². The number of hydrogen-bond acceptors (Lipinski definition) is 3. The van der Waals surface area contributed by atoms with Crippen molar-refractivity contribution < 1.29 is 9.53 Å². The fraction of sp³-hybridized carbons (Fsp3) is 0.875. The third-order valence-electron chi connectivity index (χ3n) is 2.22. The number of methoxy groups -OCH3 is 1. The smallest absolute Gasteiger partial charge is 0.221 e. The Morgan fingerprint density at radius 3 is 3.08 bits per heavy atom. The van der Waals surface area contributed by atoms with Crippen LogP contribution in [0.4, 0.5) is 0 Å². The van der Waals surface area contributed by atoms with Gasteiger partial charge < -0.3 is 10.5 Å². The molecule has 1 aliphatic rings. The molecule has 0 radical (unpaired) electrons. The van der Waals surface area contributed by atoms with Crippen molar-refractivity contribution in [2.75, 3.05) is 26.9 Å². The minimum Gasteiger partial charge on any atom is -0.369 e. The second kappa shape index (κ2) is 4.42. The Balaban J connectivity index is 2.35. The molecule has 12 heavy (non-hydrogen) atoms. The molecule has 1 saturated heterocycles. The van der Waals surface area contributed by atoms with Crippen LogP contribution in [-0.2, 0) is 9.53 Å². The Morgan fingerprint density at radius 1 is 1.75 bits per heavy atom. The van der Waals surface area contributed by atoms with E-state index in [1.165, 1.54) is 0 Å². The van der Waals surface area contributed by atoms with Gasteiger partial charge in [-0.15, -0.1) is 0 Å². The lowest BCUT2D eigenvalue weighted by molar-refractivity contribution is -0.124. The summed E-state index contributed by atoms with van der Waals surface area (Å²) in [5, 5.41) is 0. The van der Waals surface area contributed by atoms with Crippen LogP contribution in [0.25, 0.3) is 0 Å². The molecule has 0 saturated carbocycles. The number of carbonyl (C=O) groups excluding carboxylic acids is 1. The van der Waals surface area contributed by atoms with Gasteiger partial charge in [0.15, 0.2) is 0 Å². The second-order valence-electron chi connectivity index (χ2n) is 3.24. The van der Waals surface area contributed by atoms with Gasteiger partial charge in [0.2, 0.25) is 5.91 Å². The van der Waals surface area contributed by atoms with Crippen molar-refractivity contribution >= 4 is 5.91 Å². The molecule has 1 aliphatic heterocycles. The van der Waals surface area contributed by atoms with E-state index in [4.69, 9.17) is 10.5 Å². The highest BCUT2D eigenvalue weighted by atomic mass is 16.5. The number of primary amides is 1. The van der Waals surface area contributed by atoms with Gasteiger partial charge in [-0.2, -0.15) is 0 Å². The zero-order chi connectivity index (χ0) is 8.97. The quantitative estimate of drug-likeness (QED) is 0.640. The molecular formula is C8H16N2O2. The van der Waals surface area contributed by atoms with Crippen LogP contribution in [0.15, 0.2) is 0 Å². The summed E-state index contributed by atoms with van der Waals surface area (Å²) in [5.74, 6) is -0.162. The maximum absolute atomic E-state index is 10.9. The fourth-order valence-electron chi connectivity index (χ4n) is 1.59. The van der Waals surface area contributed by atoms with Crippen molar-refractivity contribution in [3.05, 3.63) is 0 Å². The van der Waals surface area contributed by atoms with Crippen molar-refractivity contribution in [1.82, 2.24) is 4.90 Å². The first kappa shape index (κ1) is 9.48. The Labute approximate surface area is 72.7 Å². The predicted molar refractivity (Wildman–Crippen MR) is 45.4 cm³/mol. The normalized spacial score (nSPS) is 25.6. The van der Waals surface area contributed by atoms with Gasteiger partial charge in [0, 0.05) is 20.2 Å². The van der Waals surface area contributed by atoms with Crippen molar-refractivity contribution in [2.45, 2.75) is 12.8 Å². The van der Waals surface area contributed by atoms with Gasteiger partial charge >= 0.3 is 0 Å². The Morgan fingerprint density at radius 2 is 2.50 bits per heavy atom. The first-order chi connectivity index (χ1) is 5.74. The predicted octanol–water partition coefficient (Wildman–Crippen LogP) is -0.212. The van der Waals surface area contributed by atoms with Crippen LogP contribution in [0, 0.1) is 5.92 Å². The second-order valence-corrected chi connectivity index (χ2v) is 3.24. The standard InChI is InChI=1S/C8H16N2O2/c1-12-6-10-4-2-3-7(5-10)8(9)11/h7H,2-6H2,1H3,(H2,9,11). The number of ether oxygens (including phenoxy) is 1. The summed E-state index contributed by atoms with van der Waals surface area (Å²) in [5.41, 5.74) is 5.22. The molecule has 0 aromatic rings. The first-order valence-electron chi connectivity index (χ1n) is 4.24. The molecular weight excluding hydrogens is 156 g/mol. The van der Waals surface area contributed by atoms with Crippen LogP contribution in [0.2, 0.25) is 0 Å². The fourth-order valence-corrected chi connectivity index (χ4v) is 1.59. The lowest BCUT2D eigenvalue weighted by Gasteiger charge is -2.30. The lowest BCUT2D eigenvalue weighted by Crippen LogP contribution is -2.41. The topological polar surface area (TPSA) is 55.6 Å². The highest BCUT2D eigenvalue weighted by Crippen LogP contribution is 2.15. The van der Waals surface area contributed by atoms with Crippen LogP contribution in [0.3, 0.4) is 0 Å². The van der Waals surface area contributed by atoms with Crippen LogP contribution in [0.5, 0.6) is 0 Å². The van der Waals surface area contributed by atoms with E-state index in [9.17, 15) is 4.79 Å². The van der Waals surface area contributed by atoms with Gasteiger partial charge in [0.25, 0.3) is 0 Å². The van der Waals surface area contributed by atoms with E-state index in [-0.39, 0.29) is 11.8 Å². The molecule has 1 fully saturated rings. The minimum atomic E-state index is -0.184. The highest BCUT2D eigenvalue weighted by molar-refractivity contribution is 5.76. The number of carbonyl (C=O) groups is 1. The van der Waals surface area contributed by atoms with Gasteiger partial charge in [-0.1, -0.05) is 0 Å². The van der Waals surface area contributed by atoms with Crippen LogP contribution < -0.4 is 5.73 Å². The monoisotopic (exact) mass is 172 g/mol. The van der Waals surface area contributed by atoms with E-state index >= 15 is 0 Å². The number of likely N-dealkylation sites (tertiary alicyclic amines) is 1. The maximum Gasteiger partial charge on any atom is 0.221 e. The number of nitrogens with zero attached hydrogens (tertiary/aromatic N) is 1. The molecule has 0 spiro atoms. The molecule has 0 aromatic carbocycles. The number of hydrogen-bond donors (Lipinski definition) is 1. The van der Waals surface area contributed by atoms with Crippen molar-refractivity contribution in [3.8, 4) is 0 Å². The summed E-state index contributed by atoms with van der Waals surface area (Å²) in [4.78, 5) is 13.0. The van der Waals surface area contributed by atoms with Crippen molar-refractivity contribution in [3.63, 3.8) is 0 Å². The molecule has 70 valence electrons. The van der Waals surface area contributed by atoms with E-state index in [2.05, 4.69) is 4.90 Å². The first-order valence-corrected chi connectivity index (χ1v) is 4.24. The Kier molecular flexibility index (Phi) is 3.49. The molecule has 4 heteroatoms. The summed E-state index contributed by atoms with van der Waals surface area (Å²) in [7, 11) is 1.66. The van der Waals surface area contributed by atoms with Crippen LogP contribution in [-0.4, -0.2) is 37.7 Å². The van der Waals surface area contributed by atoms with Gasteiger partial charge in [-0.3, -0.25) is 9.69 Å². The highest BCUT2D eigenvalue weighted by Gasteiger charge is 2.23. The molecule has 1 atom stereocenters. The molecule has 1 unspecified atom stereocenters. The largest absolute Gasteiger partial charge is 0.369 e. The van der Waals surface area contributed by atoms with Gasteiger partial charge in [0.05, 0.1) is 12.6 Å². The summed E-state index contributed by atoms with van der Waals surface area (Å²) < 4.78 is 4.98. The average Bonchev–Trinajstić information content (AvgIpc) is 2.05. The molecule has 1 amide bonds. The van der Waals surface area contributed by atoms with Gasteiger partial charge in [-0.25, -0.2) is 0 Å². The van der Waals surface area contributed by atoms with E-state index in [1.807, 2.05) is 0 Å². The SMILES string of the molecule is COCN1CCCC(C(N)=O)C1. The lowest BCUT2D eigenvalue weighted by atomic mass is 9.98. The third-order valence-corrected chi connectivity index (χ3v) is 2.22. The molecule has 4 nitrogen and oxygen atoms in total. The van der Waals surface area contributed by atoms with Crippen molar-refractivity contribution in [1.29, 1.82) is 0 Å². The molecule has 0 aromatic heterocycles. The minimum absolute atomic E-state index is 0.0221. The van der Waals surface area contributed by atoms with E-state index in [1.54, 1.807) is 7.11 Å². The molecule has 2 N–H and O–H groups in total. The summed E-state index contributed by atoms with van der Waals surface area (Å²) in [6, 6.07) is 0. The van der Waals surface area contributed by atoms with Crippen molar-refractivity contribution in [2.24, 2.45) is 11.7 Å². The number of amides is 1. The van der Waals surface area contributed by atoms with Crippen LogP contribution >= 0.6 is 0 Å². The number of rotatable bonds is 3. The van der Waals surface area contributed by atoms with E-state index in [0.29, 0.717) is 6.73 Å². The maximum atomic E-state index is 10.9.